The average molecular weight is 276 g/mol. The van der Waals surface area contributed by atoms with Crippen molar-refractivity contribution in [3.63, 3.8) is 0 Å². The fourth-order valence-corrected chi connectivity index (χ4v) is 2.41. The van der Waals surface area contributed by atoms with Gasteiger partial charge in [-0.15, -0.1) is 0 Å². The number of amides is 2. The minimum Gasteiger partial charge on any atom is -0.508 e. The Kier molecular flexibility index (Phi) is 4.27. The van der Waals surface area contributed by atoms with Crippen LogP contribution in [-0.4, -0.2) is 52.9 Å². The van der Waals surface area contributed by atoms with Gasteiger partial charge in [0.05, 0.1) is 0 Å². The highest BCUT2D eigenvalue weighted by molar-refractivity contribution is 5.94. The smallest absolute Gasteiger partial charge is 0.253 e. The number of phenolic OH excluding ortho intramolecular Hbond substituents is 1. The van der Waals surface area contributed by atoms with Crippen molar-refractivity contribution in [2.45, 2.75) is 20.3 Å². The van der Waals surface area contributed by atoms with Gasteiger partial charge in [-0.1, -0.05) is 0 Å². The minimum atomic E-state index is -0.0431. The molecule has 0 atom stereocenters. The lowest BCUT2D eigenvalue weighted by atomic mass is 10.1. The van der Waals surface area contributed by atoms with E-state index < -0.39 is 0 Å². The van der Waals surface area contributed by atoms with E-state index in [0.717, 1.165) is 6.42 Å². The van der Waals surface area contributed by atoms with Crippen LogP contribution in [-0.2, 0) is 4.79 Å². The zero-order chi connectivity index (χ0) is 14.7. The second kappa shape index (κ2) is 5.94. The molecule has 0 unspecified atom stereocenters. The van der Waals surface area contributed by atoms with Crippen molar-refractivity contribution in [3.05, 3.63) is 29.3 Å². The van der Waals surface area contributed by atoms with Gasteiger partial charge in [0.15, 0.2) is 0 Å². The van der Waals surface area contributed by atoms with Gasteiger partial charge in [-0.3, -0.25) is 9.59 Å². The summed E-state index contributed by atoms with van der Waals surface area (Å²) in [5.41, 5.74) is 1.27. The monoisotopic (exact) mass is 276 g/mol. The first kappa shape index (κ1) is 14.4. The van der Waals surface area contributed by atoms with E-state index in [1.165, 1.54) is 0 Å². The molecule has 0 radical (unpaired) electrons. The molecule has 1 heterocycles. The fraction of sp³-hybridized carbons (Fsp3) is 0.467. The molecule has 1 N–H and O–H groups in total. The van der Waals surface area contributed by atoms with Gasteiger partial charge in [-0.25, -0.2) is 0 Å². The molecule has 108 valence electrons. The van der Waals surface area contributed by atoms with Crippen LogP contribution in [0.4, 0.5) is 0 Å². The first-order valence-corrected chi connectivity index (χ1v) is 6.83. The van der Waals surface area contributed by atoms with E-state index >= 15 is 0 Å². The summed E-state index contributed by atoms with van der Waals surface area (Å²) < 4.78 is 0. The molecule has 1 saturated heterocycles. The molecule has 0 aromatic heterocycles. The lowest BCUT2D eigenvalue weighted by Gasteiger charge is -2.21. The number of nitrogens with zero attached hydrogens (tertiary/aromatic N) is 2. The lowest BCUT2D eigenvalue weighted by molar-refractivity contribution is -0.128. The number of carbonyl (C=O) groups is 2. The number of carbonyl (C=O) groups excluding carboxylic acids is 2. The zero-order valence-corrected chi connectivity index (χ0v) is 11.9. The molecule has 5 nitrogen and oxygen atoms in total. The second-order valence-electron chi connectivity index (χ2n) is 5.15. The summed E-state index contributed by atoms with van der Waals surface area (Å²) >= 11 is 0. The van der Waals surface area contributed by atoms with Crippen LogP contribution in [0.5, 0.6) is 5.75 Å². The summed E-state index contributed by atoms with van der Waals surface area (Å²) in [4.78, 5) is 27.4. The van der Waals surface area contributed by atoms with Gasteiger partial charge >= 0.3 is 0 Å². The third-order valence-corrected chi connectivity index (χ3v) is 3.67. The van der Waals surface area contributed by atoms with Crippen LogP contribution in [0.15, 0.2) is 18.2 Å². The van der Waals surface area contributed by atoms with E-state index in [0.29, 0.717) is 37.3 Å². The van der Waals surface area contributed by atoms with Crippen LogP contribution in [0, 0.1) is 6.92 Å². The van der Waals surface area contributed by atoms with Crippen molar-refractivity contribution >= 4 is 11.8 Å². The molecular formula is C15H20N2O3. The summed E-state index contributed by atoms with van der Waals surface area (Å²) in [6.07, 6.45) is 0.794. The number of benzene rings is 1. The van der Waals surface area contributed by atoms with E-state index in [9.17, 15) is 14.7 Å². The Balaban J connectivity index is 2.09. The van der Waals surface area contributed by atoms with E-state index in [2.05, 4.69) is 0 Å². The quantitative estimate of drug-likeness (QED) is 0.843. The highest BCUT2D eigenvalue weighted by atomic mass is 16.3. The van der Waals surface area contributed by atoms with Gasteiger partial charge in [0, 0.05) is 38.7 Å². The zero-order valence-electron chi connectivity index (χ0n) is 11.9. The van der Waals surface area contributed by atoms with Crippen molar-refractivity contribution in [1.29, 1.82) is 0 Å². The molecule has 1 aromatic carbocycles. The summed E-state index contributed by atoms with van der Waals surface area (Å²) in [5.74, 6) is 0.207. The molecule has 0 spiro atoms. The van der Waals surface area contributed by atoms with E-state index in [1.54, 1.807) is 41.8 Å². The van der Waals surface area contributed by atoms with Crippen molar-refractivity contribution in [1.82, 2.24) is 9.80 Å². The Hall–Kier alpha value is -2.04. The molecule has 0 aliphatic carbocycles. The molecular weight excluding hydrogens is 256 g/mol. The second-order valence-corrected chi connectivity index (χ2v) is 5.15. The first-order chi connectivity index (χ1) is 9.49. The molecule has 5 heteroatoms. The molecule has 1 fully saturated rings. The van der Waals surface area contributed by atoms with E-state index in [4.69, 9.17) is 0 Å². The van der Waals surface area contributed by atoms with Crippen molar-refractivity contribution in [3.8, 4) is 5.75 Å². The van der Waals surface area contributed by atoms with Crippen molar-refractivity contribution in [2.75, 3.05) is 26.2 Å². The summed E-state index contributed by atoms with van der Waals surface area (Å²) in [6.45, 7) is 5.82. The van der Waals surface area contributed by atoms with Crippen LogP contribution in [0.1, 0.15) is 29.3 Å². The molecule has 1 aromatic rings. The maximum absolute atomic E-state index is 12.4. The Morgan fingerprint density at radius 2 is 1.75 bits per heavy atom. The molecule has 0 bridgehead atoms. The maximum Gasteiger partial charge on any atom is 0.253 e. The molecule has 1 aliphatic rings. The average Bonchev–Trinajstić information content (AvgIpc) is 2.67. The van der Waals surface area contributed by atoms with E-state index in [-0.39, 0.29) is 17.6 Å². The number of hydrogen-bond donors (Lipinski definition) is 1. The topological polar surface area (TPSA) is 60.9 Å². The van der Waals surface area contributed by atoms with Crippen LogP contribution in [0.25, 0.3) is 0 Å². The molecule has 20 heavy (non-hydrogen) atoms. The Morgan fingerprint density at radius 1 is 1.10 bits per heavy atom. The predicted octanol–water partition coefficient (Wildman–Crippen LogP) is 1.40. The highest BCUT2D eigenvalue weighted by Crippen LogP contribution is 2.18. The number of hydrogen-bond acceptors (Lipinski definition) is 3. The fourth-order valence-electron chi connectivity index (χ4n) is 2.41. The van der Waals surface area contributed by atoms with Gasteiger partial charge in [0.2, 0.25) is 5.91 Å². The number of aryl methyl sites for hydroxylation is 1. The largest absolute Gasteiger partial charge is 0.508 e. The SMILES string of the molecule is CC(=O)N1CCCN(C(=O)c2ccc(O)c(C)c2)CC1. The Bertz CT molecular complexity index is 528. The highest BCUT2D eigenvalue weighted by Gasteiger charge is 2.21. The van der Waals surface area contributed by atoms with Gasteiger partial charge in [-0.2, -0.15) is 0 Å². The number of phenols is 1. The van der Waals surface area contributed by atoms with Gasteiger partial charge in [-0.05, 0) is 37.1 Å². The standard InChI is InChI=1S/C15H20N2O3/c1-11-10-13(4-5-14(11)19)15(20)17-7-3-6-16(8-9-17)12(2)18/h4-5,10,19H,3,6-9H2,1-2H3. The van der Waals surface area contributed by atoms with Gasteiger partial charge in [0.25, 0.3) is 5.91 Å². The Morgan fingerprint density at radius 3 is 2.40 bits per heavy atom. The molecule has 2 amide bonds. The van der Waals surface area contributed by atoms with Crippen molar-refractivity contribution < 1.29 is 14.7 Å². The van der Waals surface area contributed by atoms with E-state index in [1.807, 2.05) is 0 Å². The van der Waals surface area contributed by atoms with Crippen LogP contribution in [0.2, 0.25) is 0 Å². The first-order valence-electron chi connectivity index (χ1n) is 6.83. The van der Waals surface area contributed by atoms with Crippen LogP contribution in [0.3, 0.4) is 0 Å². The third-order valence-electron chi connectivity index (χ3n) is 3.67. The minimum absolute atomic E-state index is 0.0431. The van der Waals surface area contributed by atoms with Crippen LogP contribution < -0.4 is 0 Å². The molecule has 0 saturated carbocycles. The lowest BCUT2D eigenvalue weighted by Crippen LogP contribution is -2.36. The predicted molar refractivity (Wildman–Crippen MR) is 75.6 cm³/mol. The van der Waals surface area contributed by atoms with Crippen LogP contribution >= 0.6 is 0 Å². The normalized spacial score (nSPS) is 15.9. The van der Waals surface area contributed by atoms with Crippen molar-refractivity contribution in [2.24, 2.45) is 0 Å². The third kappa shape index (κ3) is 3.10. The number of rotatable bonds is 1. The summed E-state index contributed by atoms with van der Waals surface area (Å²) in [5, 5.41) is 9.51. The maximum atomic E-state index is 12.4. The van der Waals surface area contributed by atoms with Gasteiger partial charge < -0.3 is 14.9 Å². The Labute approximate surface area is 118 Å². The number of aromatic hydroxyl groups is 1. The molecule has 2 rings (SSSR count). The van der Waals surface area contributed by atoms with Gasteiger partial charge in [0.1, 0.15) is 5.75 Å². The molecule has 1 aliphatic heterocycles. The summed E-state index contributed by atoms with van der Waals surface area (Å²) in [6, 6.07) is 4.88. The summed E-state index contributed by atoms with van der Waals surface area (Å²) in [7, 11) is 0.